The van der Waals surface area contributed by atoms with Crippen LogP contribution in [0.1, 0.15) is 24.2 Å². The third-order valence-corrected chi connectivity index (χ3v) is 3.66. The lowest BCUT2D eigenvalue weighted by Gasteiger charge is -2.16. The minimum atomic E-state index is -0.323. The van der Waals surface area contributed by atoms with Crippen LogP contribution < -0.4 is 15.4 Å². The van der Waals surface area contributed by atoms with Crippen LogP contribution >= 0.6 is 0 Å². The molecule has 3 rings (SSSR count). The molecule has 110 valence electrons. The highest BCUT2D eigenvalue weighted by atomic mass is 16.5. The molecule has 0 unspecified atom stereocenters. The molecule has 0 fully saturated rings. The Balaban J connectivity index is 1.72. The predicted molar refractivity (Wildman–Crippen MR) is 77.2 cm³/mol. The van der Waals surface area contributed by atoms with Gasteiger partial charge in [0.25, 0.3) is 0 Å². The fraction of sp³-hybridized carbons (Fsp3) is 0.357. The number of anilines is 1. The molecule has 2 atom stereocenters. The molecule has 0 saturated carbocycles. The smallest absolute Gasteiger partial charge is 0.321 e. The topological polar surface area (TPSA) is 81.1 Å². The minimum absolute atomic E-state index is 0.115. The summed E-state index contributed by atoms with van der Waals surface area (Å²) in [6.07, 6.45) is -0.115. The molecule has 0 bridgehead atoms. The zero-order valence-corrected chi connectivity index (χ0v) is 12.1. The number of rotatable bonds is 2. The van der Waals surface area contributed by atoms with Gasteiger partial charge < -0.3 is 10.1 Å². The number of urea groups is 1. The average Bonchev–Trinajstić information content (AvgIpc) is 2.94. The highest BCUT2D eigenvalue weighted by molar-refractivity contribution is 5.89. The van der Waals surface area contributed by atoms with Crippen LogP contribution in [0.25, 0.3) is 0 Å². The lowest BCUT2D eigenvalue weighted by atomic mass is 10.1. The van der Waals surface area contributed by atoms with Crippen LogP contribution in [0.4, 0.5) is 10.6 Å². The summed E-state index contributed by atoms with van der Waals surface area (Å²) in [7, 11) is 1.77. The van der Waals surface area contributed by atoms with Crippen LogP contribution in [-0.4, -0.2) is 27.1 Å². The molecular weight excluding hydrogens is 270 g/mol. The third-order valence-electron chi connectivity index (χ3n) is 3.66. The number of ether oxygens (including phenoxy) is 1. The van der Waals surface area contributed by atoms with Crippen LogP contribution in [0.3, 0.4) is 0 Å². The van der Waals surface area contributed by atoms with Crippen molar-refractivity contribution in [3.63, 3.8) is 0 Å². The second-order valence-electron chi connectivity index (χ2n) is 5.08. The molecule has 7 heteroatoms. The van der Waals surface area contributed by atoms with E-state index in [0.717, 1.165) is 17.0 Å². The molecule has 2 amide bonds. The number of nitrogens with one attached hydrogen (secondary N) is 2. The predicted octanol–water partition coefficient (Wildman–Crippen LogP) is 1.77. The SMILES string of the molecule is Cc1c(NC(=O)N[C@@H]2c3ccccc3O[C@H]2C)nnn1C. The maximum absolute atomic E-state index is 12.1. The Bertz CT molecular complexity index is 682. The molecule has 2 N–H and O–H groups in total. The van der Waals surface area contributed by atoms with Gasteiger partial charge >= 0.3 is 6.03 Å². The number of carbonyl (C=O) groups is 1. The fourth-order valence-corrected chi connectivity index (χ4v) is 2.37. The summed E-state index contributed by atoms with van der Waals surface area (Å²) < 4.78 is 7.33. The van der Waals surface area contributed by atoms with E-state index < -0.39 is 0 Å². The standard InChI is InChI=1S/C14H17N5O2/c1-8-13(17-18-19(8)3)16-14(20)15-12-9(2)21-11-7-5-4-6-10(11)12/h4-7,9,12H,1-3H3,(H2,15,16,20)/t9-,12-/m0/s1. The molecule has 1 aliphatic heterocycles. The van der Waals surface area contributed by atoms with Crippen molar-refractivity contribution in [3.8, 4) is 5.75 Å². The molecule has 1 aromatic heterocycles. The molecule has 1 aromatic carbocycles. The van der Waals surface area contributed by atoms with Gasteiger partial charge in [-0.1, -0.05) is 23.4 Å². The normalized spacial score (nSPS) is 19.8. The number of amides is 2. The van der Waals surface area contributed by atoms with Gasteiger partial charge in [0, 0.05) is 12.6 Å². The van der Waals surface area contributed by atoms with E-state index in [0.29, 0.717) is 5.82 Å². The number of fused-ring (bicyclic) bond motifs is 1. The zero-order chi connectivity index (χ0) is 15.0. The van der Waals surface area contributed by atoms with Gasteiger partial charge in [-0.3, -0.25) is 10.00 Å². The number of aryl methyl sites for hydroxylation is 1. The highest BCUT2D eigenvalue weighted by Gasteiger charge is 2.32. The van der Waals surface area contributed by atoms with Crippen molar-refractivity contribution in [3.05, 3.63) is 35.5 Å². The number of nitrogens with zero attached hydrogens (tertiary/aromatic N) is 3. The second-order valence-corrected chi connectivity index (χ2v) is 5.08. The summed E-state index contributed by atoms with van der Waals surface area (Å²) in [5.74, 6) is 1.26. The van der Waals surface area contributed by atoms with Gasteiger partial charge in [-0.2, -0.15) is 0 Å². The Kier molecular flexibility index (Phi) is 3.25. The van der Waals surface area contributed by atoms with Crippen LogP contribution in [0, 0.1) is 6.92 Å². The Morgan fingerprint density at radius 3 is 2.86 bits per heavy atom. The van der Waals surface area contributed by atoms with E-state index in [9.17, 15) is 4.79 Å². The van der Waals surface area contributed by atoms with Gasteiger partial charge in [-0.15, -0.1) is 5.10 Å². The van der Waals surface area contributed by atoms with E-state index in [-0.39, 0.29) is 18.2 Å². The van der Waals surface area contributed by atoms with Crippen molar-refractivity contribution in [2.24, 2.45) is 7.05 Å². The molecule has 1 aliphatic rings. The molecule has 0 radical (unpaired) electrons. The minimum Gasteiger partial charge on any atom is -0.488 e. The first kappa shape index (κ1) is 13.4. The van der Waals surface area contributed by atoms with Gasteiger partial charge in [0.1, 0.15) is 11.9 Å². The molecule has 21 heavy (non-hydrogen) atoms. The molecule has 0 spiro atoms. The number of benzene rings is 1. The summed E-state index contributed by atoms with van der Waals surface area (Å²) in [5, 5.41) is 13.4. The molecule has 0 aliphatic carbocycles. The van der Waals surface area contributed by atoms with E-state index in [4.69, 9.17) is 4.74 Å². The van der Waals surface area contributed by atoms with Crippen LogP contribution in [0.2, 0.25) is 0 Å². The highest BCUT2D eigenvalue weighted by Crippen LogP contribution is 2.36. The van der Waals surface area contributed by atoms with Gasteiger partial charge in [-0.25, -0.2) is 4.79 Å². The lowest BCUT2D eigenvalue weighted by molar-refractivity contribution is 0.204. The summed E-state index contributed by atoms with van der Waals surface area (Å²) in [5.41, 5.74) is 1.78. The Hall–Kier alpha value is -2.57. The van der Waals surface area contributed by atoms with E-state index in [2.05, 4.69) is 20.9 Å². The monoisotopic (exact) mass is 287 g/mol. The van der Waals surface area contributed by atoms with Crippen molar-refractivity contribution < 1.29 is 9.53 Å². The molecule has 7 nitrogen and oxygen atoms in total. The number of aromatic nitrogens is 3. The van der Waals surface area contributed by atoms with Crippen molar-refractivity contribution >= 4 is 11.8 Å². The summed E-state index contributed by atoms with van der Waals surface area (Å²) in [6, 6.07) is 7.19. The Morgan fingerprint density at radius 2 is 2.14 bits per heavy atom. The fourth-order valence-electron chi connectivity index (χ4n) is 2.37. The van der Waals surface area contributed by atoms with Crippen molar-refractivity contribution in [2.45, 2.75) is 26.0 Å². The van der Waals surface area contributed by atoms with Crippen molar-refractivity contribution in [1.82, 2.24) is 20.3 Å². The largest absolute Gasteiger partial charge is 0.488 e. The van der Waals surface area contributed by atoms with E-state index in [1.807, 2.05) is 38.1 Å². The van der Waals surface area contributed by atoms with Crippen molar-refractivity contribution in [1.29, 1.82) is 0 Å². The summed E-state index contributed by atoms with van der Waals surface area (Å²) in [4.78, 5) is 12.1. The van der Waals surface area contributed by atoms with E-state index in [1.165, 1.54) is 0 Å². The van der Waals surface area contributed by atoms with Crippen LogP contribution in [0.15, 0.2) is 24.3 Å². The number of carbonyl (C=O) groups excluding carboxylic acids is 1. The Morgan fingerprint density at radius 1 is 1.38 bits per heavy atom. The molecule has 0 saturated heterocycles. The maximum Gasteiger partial charge on any atom is 0.321 e. The first-order chi connectivity index (χ1) is 10.1. The van der Waals surface area contributed by atoms with Gasteiger partial charge in [0.05, 0.1) is 11.7 Å². The zero-order valence-electron chi connectivity index (χ0n) is 12.1. The maximum atomic E-state index is 12.1. The first-order valence-electron chi connectivity index (χ1n) is 6.75. The van der Waals surface area contributed by atoms with Gasteiger partial charge in [0.2, 0.25) is 0 Å². The second kappa shape index (κ2) is 5.08. The van der Waals surface area contributed by atoms with E-state index >= 15 is 0 Å². The summed E-state index contributed by atoms with van der Waals surface area (Å²) >= 11 is 0. The Labute approximate surface area is 122 Å². The number of para-hydroxylation sites is 1. The number of hydrogen-bond donors (Lipinski definition) is 2. The summed E-state index contributed by atoms with van der Waals surface area (Å²) in [6.45, 7) is 3.77. The van der Waals surface area contributed by atoms with Crippen LogP contribution in [-0.2, 0) is 7.05 Å². The van der Waals surface area contributed by atoms with Crippen LogP contribution in [0.5, 0.6) is 5.75 Å². The van der Waals surface area contributed by atoms with Gasteiger partial charge in [0.15, 0.2) is 5.82 Å². The first-order valence-corrected chi connectivity index (χ1v) is 6.75. The number of hydrogen-bond acceptors (Lipinski definition) is 4. The molecular formula is C14H17N5O2. The quantitative estimate of drug-likeness (QED) is 0.882. The van der Waals surface area contributed by atoms with Crippen molar-refractivity contribution in [2.75, 3.05) is 5.32 Å². The third kappa shape index (κ3) is 2.42. The lowest BCUT2D eigenvalue weighted by Crippen LogP contribution is -2.37. The molecule has 2 aromatic rings. The average molecular weight is 287 g/mol. The molecule has 2 heterocycles. The van der Waals surface area contributed by atoms with Gasteiger partial charge in [-0.05, 0) is 19.9 Å². The van der Waals surface area contributed by atoms with E-state index in [1.54, 1.807) is 11.7 Å².